The third kappa shape index (κ3) is 4.02. The molecule has 0 aliphatic carbocycles. The molecule has 2 heterocycles. The fourth-order valence-corrected chi connectivity index (χ4v) is 2.96. The normalized spacial score (nSPS) is 18.9. The number of nitrogens with two attached hydrogens (primary N) is 1. The lowest BCUT2D eigenvalue weighted by molar-refractivity contribution is -0.164. The van der Waals surface area contributed by atoms with Crippen molar-refractivity contribution in [1.82, 2.24) is 4.98 Å². The zero-order valence-corrected chi connectivity index (χ0v) is 14.3. The van der Waals surface area contributed by atoms with Crippen LogP contribution in [0.15, 0.2) is 24.3 Å². The standard InChI is InChI=1S/C18H16F4N2O3/c1-18(8-26-17(21)22)5-4-11-12(10-3-2-9(19)6-13(10)20)7-14(15(23)25)24-16(11)27-18/h2-3,6-7,17H,4-5,8H2,1H3,(H2,23,25)/t18-/m0/s1. The number of carbonyl (C=O) groups is 1. The fourth-order valence-electron chi connectivity index (χ4n) is 2.96. The summed E-state index contributed by atoms with van der Waals surface area (Å²) in [5, 5.41) is 0. The molecule has 27 heavy (non-hydrogen) atoms. The predicted molar refractivity (Wildman–Crippen MR) is 87.4 cm³/mol. The Morgan fingerprint density at radius 2 is 2.07 bits per heavy atom. The molecule has 1 aromatic carbocycles. The quantitative estimate of drug-likeness (QED) is 0.802. The Hall–Kier alpha value is -2.68. The van der Waals surface area contributed by atoms with Crippen LogP contribution in [0.25, 0.3) is 11.1 Å². The first-order valence-electron chi connectivity index (χ1n) is 8.06. The molecule has 0 spiro atoms. The Balaban J connectivity index is 2.07. The van der Waals surface area contributed by atoms with E-state index < -0.39 is 36.4 Å². The Kier molecular flexibility index (Phi) is 5.05. The SMILES string of the molecule is C[C@@]1(COC(F)F)CCc2c(-c3ccc(F)cc3F)cc(C(N)=O)nc2O1. The number of halogens is 4. The summed E-state index contributed by atoms with van der Waals surface area (Å²) in [6.07, 6.45) is 0.594. The first-order chi connectivity index (χ1) is 12.7. The van der Waals surface area contributed by atoms with Crippen LogP contribution in [0.1, 0.15) is 29.4 Å². The maximum absolute atomic E-state index is 14.3. The van der Waals surface area contributed by atoms with Crippen LogP contribution in [0.5, 0.6) is 5.88 Å². The average molecular weight is 384 g/mol. The topological polar surface area (TPSA) is 74.4 Å². The van der Waals surface area contributed by atoms with Gasteiger partial charge in [-0.15, -0.1) is 0 Å². The summed E-state index contributed by atoms with van der Waals surface area (Å²) >= 11 is 0. The molecule has 144 valence electrons. The van der Waals surface area contributed by atoms with E-state index in [1.165, 1.54) is 12.1 Å². The van der Waals surface area contributed by atoms with Gasteiger partial charge in [-0.2, -0.15) is 8.78 Å². The molecule has 5 nitrogen and oxygen atoms in total. The minimum absolute atomic E-state index is 0.0170. The van der Waals surface area contributed by atoms with E-state index in [1.807, 2.05) is 0 Å². The molecule has 2 N–H and O–H groups in total. The van der Waals surface area contributed by atoms with Crippen LogP contribution >= 0.6 is 0 Å². The first kappa shape index (κ1) is 19.1. The Morgan fingerprint density at radius 1 is 1.33 bits per heavy atom. The number of pyridine rings is 1. The van der Waals surface area contributed by atoms with E-state index in [1.54, 1.807) is 6.92 Å². The Labute approximate surface area is 152 Å². The van der Waals surface area contributed by atoms with Gasteiger partial charge in [0.15, 0.2) is 0 Å². The van der Waals surface area contributed by atoms with Crippen molar-refractivity contribution in [2.24, 2.45) is 5.73 Å². The Bertz CT molecular complexity index is 891. The van der Waals surface area contributed by atoms with Gasteiger partial charge in [-0.25, -0.2) is 13.8 Å². The molecule has 0 radical (unpaired) electrons. The highest BCUT2D eigenvalue weighted by Gasteiger charge is 2.36. The number of nitrogens with zero attached hydrogens (tertiary/aromatic N) is 1. The minimum atomic E-state index is -2.96. The number of alkyl halides is 2. The van der Waals surface area contributed by atoms with Crippen molar-refractivity contribution >= 4 is 5.91 Å². The number of hydrogen-bond acceptors (Lipinski definition) is 4. The van der Waals surface area contributed by atoms with Crippen molar-refractivity contribution in [2.75, 3.05) is 6.61 Å². The van der Waals surface area contributed by atoms with Crippen LogP contribution in [0, 0.1) is 11.6 Å². The lowest BCUT2D eigenvalue weighted by Gasteiger charge is -2.35. The zero-order valence-electron chi connectivity index (χ0n) is 14.3. The molecule has 0 saturated heterocycles. The molecule has 1 aliphatic rings. The molecule has 2 aromatic rings. The number of fused-ring (bicyclic) bond motifs is 1. The molecule has 1 amide bonds. The van der Waals surface area contributed by atoms with Gasteiger partial charge in [0.1, 0.15) is 22.9 Å². The number of aromatic nitrogens is 1. The number of benzene rings is 1. The van der Waals surface area contributed by atoms with E-state index >= 15 is 0 Å². The summed E-state index contributed by atoms with van der Waals surface area (Å²) in [5.41, 5.74) is 4.80. The number of carbonyl (C=O) groups excluding carboxylic acids is 1. The van der Waals surface area contributed by atoms with Crippen molar-refractivity contribution < 1.29 is 31.8 Å². The maximum Gasteiger partial charge on any atom is 0.345 e. The van der Waals surface area contributed by atoms with Crippen LogP contribution in [0.2, 0.25) is 0 Å². The maximum atomic E-state index is 14.3. The number of ether oxygens (including phenoxy) is 2. The van der Waals surface area contributed by atoms with Crippen molar-refractivity contribution in [3.8, 4) is 17.0 Å². The van der Waals surface area contributed by atoms with Crippen LogP contribution in [0.3, 0.4) is 0 Å². The third-order valence-corrected chi connectivity index (χ3v) is 4.32. The van der Waals surface area contributed by atoms with E-state index in [0.29, 0.717) is 18.4 Å². The van der Waals surface area contributed by atoms with Gasteiger partial charge in [0.25, 0.3) is 5.91 Å². The molecule has 0 saturated carbocycles. The highest BCUT2D eigenvalue weighted by atomic mass is 19.3. The van der Waals surface area contributed by atoms with Crippen LogP contribution in [-0.4, -0.2) is 29.7 Å². The predicted octanol–water partition coefficient (Wildman–Crippen LogP) is 3.45. The number of primary amides is 1. The Morgan fingerprint density at radius 3 is 2.70 bits per heavy atom. The molecule has 9 heteroatoms. The summed E-state index contributed by atoms with van der Waals surface area (Å²) < 4.78 is 62.3. The lowest BCUT2D eigenvalue weighted by atomic mass is 9.89. The number of rotatable bonds is 5. The second-order valence-corrected chi connectivity index (χ2v) is 6.45. The second-order valence-electron chi connectivity index (χ2n) is 6.45. The zero-order chi connectivity index (χ0) is 19.8. The minimum Gasteiger partial charge on any atom is -0.469 e. The molecule has 0 unspecified atom stereocenters. The van der Waals surface area contributed by atoms with E-state index in [0.717, 1.165) is 12.1 Å². The largest absolute Gasteiger partial charge is 0.469 e. The average Bonchev–Trinajstić information content (AvgIpc) is 2.59. The van der Waals surface area contributed by atoms with E-state index in [2.05, 4.69) is 9.72 Å². The van der Waals surface area contributed by atoms with Gasteiger partial charge < -0.3 is 15.2 Å². The molecule has 1 atom stereocenters. The van der Waals surface area contributed by atoms with Gasteiger partial charge in [-0.1, -0.05) is 0 Å². The monoisotopic (exact) mass is 384 g/mol. The van der Waals surface area contributed by atoms with Gasteiger partial charge in [0.05, 0.1) is 6.61 Å². The van der Waals surface area contributed by atoms with Crippen LogP contribution < -0.4 is 10.5 Å². The van der Waals surface area contributed by atoms with Crippen LogP contribution in [0.4, 0.5) is 17.6 Å². The molecule has 1 aromatic heterocycles. The first-order valence-corrected chi connectivity index (χ1v) is 8.06. The summed E-state index contributed by atoms with van der Waals surface area (Å²) in [4.78, 5) is 15.6. The van der Waals surface area contributed by atoms with E-state index in [4.69, 9.17) is 10.5 Å². The molecule has 0 fully saturated rings. The fraction of sp³-hybridized carbons (Fsp3) is 0.333. The molecule has 1 aliphatic heterocycles. The van der Waals surface area contributed by atoms with Crippen molar-refractivity contribution in [3.63, 3.8) is 0 Å². The highest BCUT2D eigenvalue weighted by molar-refractivity contribution is 5.93. The van der Waals surface area contributed by atoms with Crippen molar-refractivity contribution in [3.05, 3.63) is 47.2 Å². The van der Waals surface area contributed by atoms with Gasteiger partial charge >= 0.3 is 6.61 Å². The van der Waals surface area contributed by atoms with Gasteiger partial charge in [-0.05, 0) is 43.5 Å². The molecule has 0 bridgehead atoms. The van der Waals surface area contributed by atoms with Gasteiger partial charge in [-0.3, -0.25) is 4.79 Å². The smallest absolute Gasteiger partial charge is 0.345 e. The van der Waals surface area contributed by atoms with Gasteiger partial charge in [0.2, 0.25) is 5.88 Å². The van der Waals surface area contributed by atoms with E-state index in [-0.39, 0.29) is 22.7 Å². The third-order valence-electron chi connectivity index (χ3n) is 4.32. The number of hydrogen-bond donors (Lipinski definition) is 1. The van der Waals surface area contributed by atoms with Crippen molar-refractivity contribution in [2.45, 2.75) is 32.0 Å². The van der Waals surface area contributed by atoms with Crippen molar-refractivity contribution in [1.29, 1.82) is 0 Å². The highest BCUT2D eigenvalue weighted by Crippen LogP contribution is 2.39. The molecular formula is C18H16F4N2O3. The lowest BCUT2D eigenvalue weighted by Crippen LogP contribution is -2.42. The number of amides is 1. The van der Waals surface area contributed by atoms with Gasteiger partial charge in [0, 0.05) is 17.2 Å². The summed E-state index contributed by atoms with van der Waals surface area (Å²) in [7, 11) is 0. The van der Waals surface area contributed by atoms with Crippen LogP contribution in [-0.2, 0) is 11.2 Å². The molecule has 3 rings (SSSR count). The summed E-state index contributed by atoms with van der Waals surface area (Å²) in [5.74, 6) is -2.46. The second kappa shape index (κ2) is 7.15. The molecular weight excluding hydrogens is 368 g/mol. The summed E-state index contributed by atoms with van der Waals surface area (Å²) in [6, 6.07) is 4.34. The van der Waals surface area contributed by atoms with E-state index in [9.17, 15) is 22.4 Å². The summed E-state index contributed by atoms with van der Waals surface area (Å²) in [6.45, 7) is -1.79.